The number of urea groups is 1. The third-order valence-electron chi connectivity index (χ3n) is 7.67. The number of fused-ring (bicyclic) bond motifs is 1. The van der Waals surface area contributed by atoms with E-state index in [2.05, 4.69) is 5.32 Å². The molecule has 2 atom stereocenters. The number of benzene rings is 2. The predicted molar refractivity (Wildman–Crippen MR) is 136 cm³/mol. The largest absolute Gasteiger partial charge is 0.337 e. The Kier molecular flexibility index (Phi) is 7.23. The van der Waals surface area contributed by atoms with E-state index in [1.54, 1.807) is 22.0 Å². The van der Waals surface area contributed by atoms with Crippen LogP contribution in [-0.4, -0.2) is 70.0 Å². The molecule has 36 heavy (non-hydrogen) atoms. The Bertz CT molecular complexity index is 1070. The molecule has 0 spiro atoms. The van der Waals surface area contributed by atoms with Crippen molar-refractivity contribution in [1.82, 2.24) is 25.1 Å². The fourth-order valence-electron chi connectivity index (χ4n) is 5.92. The van der Waals surface area contributed by atoms with E-state index in [1.807, 2.05) is 65.6 Å². The van der Waals surface area contributed by atoms with Gasteiger partial charge in [0.05, 0.1) is 6.54 Å². The first kappa shape index (κ1) is 24.3. The van der Waals surface area contributed by atoms with Gasteiger partial charge >= 0.3 is 6.03 Å². The lowest BCUT2D eigenvalue weighted by Crippen LogP contribution is -2.67. The molecule has 8 heteroatoms. The molecule has 2 saturated heterocycles. The van der Waals surface area contributed by atoms with Gasteiger partial charge in [-0.2, -0.15) is 0 Å². The highest BCUT2D eigenvalue weighted by molar-refractivity contribution is 5.91. The number of hydrogen-bond acceptors (Lipinski definition) is 4. The third-order valence-corrected chi connectivity index (χ3v) is 7.67. The second-order valence-electron chi connectivity index (χ2n) is 10.0. The van der Waals surface area contributed by atoms with Gasteiger partial charge in [0.25, 0.3) is 0 Å². The summed E-state index contributed by atoms with van der Waals surface area (Å²) in [5, 5.41) is 6.34. The quantitative estimate of drug-likeness (QED) is 0.713. The average molecular weight is 490 g/mol. The Balaban J connectivity index is 1.47. The van der Waals surface area contributed by atoms with Crippen LogP contribution in [0.4, 0.5) is 4.79 Å². The van der Waals surface area contributed by atoms with Crippen molar-refractivity contribution in [2.45, 2.75) is 63.3 Å². The van der Waals surface area contributed by atoms with E-state index < -0.39 is 12.2 Å². The van der Waals surface area contributed by atoms with Crippen LogP contribution in [0.5, 0.6) is 0 Å². The Labute approximate surface area is 212 Å². The molecular weight excluding hydrogens is 454 g/mol. The van der Waals surface area contributed by atoms with Crippen molar-refractivity contribution in [1.29, 1.82) is 0 Å². The monoisotopic (exact) mass is 489 g/mol. The summed E-state index contributed by atoms with van der Waals surface area (Å²) >= 11 is 0. The van der Waals surface area contributed by atoms with Gasteiger partial charge in [-0.15, -0.1) is 0 Å². The minimum absolute atomic E-state index is 0.0295. The average Bonchev–Trinajstić information content (AvgIpc) is 3.06. The van der Waals surface area contributed by atoms with Crippen molar-refractivity contribution in [3.05, 3.63) is 71.8 Å². The minimum Gasteiger partial charge on any atom is -0.337 e. The van der Waals surface area contributed by atoms with Crippen LogP contribution < -0.4 is 5.32 Å². The van der Waals surface area contributed by atoms with E-state index in [-0.39, 0.29) is 30.4 Å². The number of carbonyl (C=O) groups excluding carboxylic acids is 3. The fourth-order valence-corrected chi connectivity index (χ4v) is 5.92. The van der Waals surface area contributed by atoms with E-state index in [1.165, 1.54) is 6.42 Å². The zero-order chi connectivity index (χ0) is 25.1. The number of amides is 4. The summed E-state index contributed by atoms with van der Waals surface area (Å²) in [4.78, 5) is 44.8. The maximum absolute atomic E-state index is 14.1. The van der Waals surface area contributed by atoms with Crippen LogP contribution in [0.3, 0.4) is 0 Å². The molecule has 0 bridgehead atoms. The molecule has 190 valence electrons. The zero-order valence-electron chi connectivity index (χ0n) is 20.9. The van der Waals surface area contributed by atoms with Gasteiger partial charge in [0.1, 0.15) is 12.2 Å². The molecule has 3 fully saturated rings. The summed E-state index contributed by atoms with van der Waals surface area (Å²) in [6, 6.07) is 18.5. The van der Waals surface area contributed by atoms with Gasteiger partial charge in [0, 0.05) is 32.6 Å². The Morgan fingerprint density at radius 2 is 1.58 bits per heavy atom. The highest BCUT2D eigenvalue weighted by Gasteiger charge is 2.49. The molecule has 2 aromatic rings. The highest BCUT2D eigenvalue weighted by atomic mass is 16.2. The molecule has 1 aliphatic carbocycles. The zero-order valence-corrected chi connectivity index (χ0v) is 20.9. The number of hydrazine groups is 1. The van der Waals surface area contributed by atoms with Gasteiger partial charge in [-0.3, -0.25) is 9.59 Å². The molecule has 2 aliphatic heterocycles. The molecule has 0 radical (unpaired) electrons. The minimum atomic E-state index is -0.744. The van der Waals surface area contributed by atoms with Crippen LogP contribution in [0.1, 0.15) is 55.7 Å². The summed E-state index contributed by atoms with van der Waals surface area (Å²) in [5.41, 5.74) is 1.79. The molecule has 2 heterocycles. The van der Waals surface area contributed by atoms with Crippen molar-refractivity contribution >= 4 is 17.8 Å². The van der Waals surface area contributed by atoms with E-state index in [9.17, 15) is 14.4 Å². The third kappa shape index (κ3) is 4.82. The van der Waals surface area contributed by atoms with Gasteiger partial charge in [0.15, 0.2) is 0 Å². The molecule has 8 nitrogen and oxygen atoms in total. The smallest absolute Gasteiger partial charge is 0.334 e. The Hall–Kier alpha value is -3.39. The van der Waals surface area contributed by atoms with Crippen LogP contribution in [0.15, 0.2) is 60.7 Å². The molecule has 0 aromatic heterocycles. The van der Waals surface area contributed by atoms with Crippen LogP contribution >= 0.6 is 0 Å². The van der Waals surface area contributed by atoms with Gasteiger partial charge in [0.2, 0.25) is 11.8 Å². The Morgan fingerprint density at radius 1 is 0.917 bits per heavy atom. The molecule has 5 rings (SSSR count). The van der Waals surface area contributed by atoms with Crippen LogP contribution in [0, 0.1) is 0 Å². The van der Waals surface area contributed by atoms with Gasteiger partial charge in [-0.1, -0.05) is 79.9 Å². The molecule has 1 saturated carbocycles. The SMILES string of the molecule is CN1CC(=O)N2C(CCN(C3CCCCC3)C(=O)[C@@H]2c2ccccc2)N1C(=O)NCc1ccccc1. The Morgan fingerprint density at radius 3 is 2.28 bits per heavy atom. The van der Waals surface area contributed by atoms with Crippen LogP contribution in [0.25, 0.3) is 0 Å². The van der Waals surface area contributed by atoms with Crippen molar-refractivity contribution in [3.8, 4) is 0 Å². The summed E-state index contributed by atoms with van der Waals surface area (Å²) in [7, 11) is 1.76. The van der Waals surface area contributed by atoms with Gasteiger partial charge in [-0.25, -0.2) is 14.8 Å². The van der Waals surface area contributed by atoms with E-state index >= 15 is 0 Å². The van der Waals surface area contributed by atoms with E-state index in [0.717, 1.165) is 36.8 Å². The number of likely N-dealkylation sites (N-methyl/N-ethyl adjacent to an activating group) is 1. The van der Waals surface area contributed by atoms with E-state index in [0.29, 0.717) is 19.5 Å². The fraction of sp³-hybridized carbons (Fsp3) is 0.464. The second-order valence-corrected chi connectivity index (χ2v) is 10.0. The van der Waals surface area contributed by atoms with Crippen molar-refractivity contribution < 1.29 is 14.4 Å². The topological polar surface area (TPSA) is 76.2 Å². The van der Waals surface area contributed by atoms with E-state index in [4.69, 9.17) is 0 Å². The number of carbonyl (C=O) groups is 3. The summed E-state index contributed by atoms with van der Waals surface area (Å²) < 4.78 is 0. The molecule has 1 N–H and O–H groups in total. The molecule has 1 unspecified atom stereocenters. The number of nitrogens with zero attached hydrogens (tertiary/aromatic N) is 4. The van der Waals surface area contributed by atoms with Gasteiger partial charge in [-0.05, 0) is 24.0 Å². The predicted octanol–water partition coefficient (Wildman–Crippen LogP) is 3.52. The van der Waals surface area contributed by atoms with Crippen LogP contribution in [-0.2, 0) is 16.1 Å². The van der Waals surface area contributed by atoms with Gasteiger partial charge < -0.3 is 15.1 Å². The molecular formula is C28H35N5O3. The standard InChI is InChI=1S/C28H35N5O3/c1-30-20-25(34)32-24(33(30)28(36)29-19-21-11-5-2-6-12-21)17-18-31(23-15-9-4-10-16-23)27(35)26(32)22-13-7-3-8-14-22/h2-3,5-8,11-14,23-24,26H,4,9-10,15-20H2,1H3,(H,29,36)/t24?,26-/m0/s1. The summed E-state index contributed by atoms with van der Waals surface area (Å²) in [6.07, 6.45) is 5.39. The maximum atomic E-state index is 14.1. The first-order valence-electron chi connectivity index (χ1n) is 13.0. The molecule has 2 aromatic carbocycles. The van der Waals surface area contributed by atoms with Crippen molar-refractivity contribution in [2.24, 2.45) is 0 Å². The number of rotatable bonds is 4. The summed E-state index contributed by atoms with van der Waals surface area (Å²) in [6.45, 7) is 0.951. The van der Waals surface area contributed by atoms with Crippen LogP contribution in [0.2, 0.25) is 0 Å². The maximum Gasteiger partial charge on any atom is 0.334 e. The molecule has 4 amide bonds. The van der Waals surface area contributed by atoms with Crippen molar-refractivity contribution in [3.63, 3.8) is 0 Å². The first-order chi connectivity index (χ1) is 17.5. The lowest BCUT2D eigenvalue weighted by atomic mass is 9.93. The normalized spacial score (nSPS) is 23.9. The number of hydrogen-bond donors (Lipinski definition) is 1. The molecule has 3 aliphatic rings. The lowest BCUT2D eigenvalue weighted by molar-refractivity contribution is -0.171. The van der Waals surface area contributed by atoms with Crippen molar-refractivity contribution in [2.75, 3.05) is 20.1 Å². The number of nitrogens with one attached hydrogen (secondary N) is 1. The summed E-state index contributed by atoms with van der Waals surface area (Å²) in [5.74, 6) is -0.166. The second kappa shape index (κ2) is 10.7. The first-order valence-corrected chi connectivity index (χ1v) is 13.0. The highest BCUT2D eigenvalue weighted by Crippen LogP contribution is 2.36. The lowest BCUT2D eigenvalue weighted by Gasteiger charge is -2.49.